The number of nitrogens with one attached hydrogen (secondary N) is 2. The Labute approximate surface area is 204 Å². The second kappa shape index (κ2) is 14.0. The molecule has 0 aromatic heterocycles. The number of rotatable bonds is 9. The number of benzene rings is 1. The van der Waals surface area contributed by atoms with Gasteiger partial charge in [0.2, 0.25) is 0 Å². The normalized spacial score (nSPS) is 18.9. The van der Waals surface area contributed by atoms with Gasteiger partial charge in [-0.15, -0.1) is 24.0 Å². The lowest BCUT2D eigenvalue weighted by Gasteiger charge is -2.29. The topological polar surface area (TPSA) is 67.4 Å². The molecular formula is C23H39IN4O3. The molecule has 3 rings (SSSR count). The Morgan fingerprint density at radius 3 is 2.65 bits per heavy atom. The number of morpholine rings is 1. The summed E-state index contributed by atoms with van der Waals surface area (Å²) in [5.74, 6) is 3.08. The van der Waals surface area contributed by atoms with E-state index in [0.29, 0.717) is 18.6 Å². The van der Waals surface area contributed by atoms with Crippen molar-refractivity contribution in [3.63, 3.8) is 0 Å². The van der Waals surface area contributed by atoms with Crippen molar-refractivity contribution in [3.8, 4) is 11.5 Å². The third-order valence-electron chi connectivity index (χ3n) is 5.83. The Morgan fingerprint density at radius 1 is 1.23 bits per heavy atom. The molecule has 8 heteroatoms. The summed E-state index contributed by atoms with van der Waals surface area (Å²) in [5, 5.41) is 6.89. The third kappa shape index (κ3) is 8.65. The summed E-state index contributed by atoms with van der Waals surface area (Å²) in [6.45, 7) is 8.62. The standard InChI is InChI=1S/C23H38N4O3.HI/c1-18(17-27-10-12-29-13-11-27)15-25-23(24-2)26-16-19-8-9-21(28-3)14-22(19)30-20-6-4-5-7-20;/h8-9,14,18,20H,4-7,10-13,15-17H2,1-3H3,(H2,24,25,26);1H. The van der Waals surface area contributed by atoms with E-state index < -0.39 is 0 Å². The Hall–Kier alpha value is -1.26. The van der Waals surface area contributed by atoms with E-state index in [4.69, 9.17) is 14.2 Å². The zero-order valence-corrected chi connectivity index (χ0v) is 21.5. The van der Waals surface area contributed by atoms with Crippen molar-refractivity contribution in [2.24, 2.45) is 10.9 Å². The van der Waals surface area contributed by atoms with Gasteiger partial charge in [-0.25, -0.2) is 0 Å². The molecule has 0 amide bonds. The second-order valence-corrected chi connectivity index (χ2v) is 8.32. The number of guanidine groups is 1. The van der Waals surface area contributed by atoms with Crippen molar-refractivity contribution < 1.29 is 14.2 Å². The van der Waals surface area contributed by atoms with Crippen molar-refractivity contribution in [2.75, 3.05) is 53.6 Å². The summed E-state index contributed by atoms with van der Waals surface area (Å²) < 4.78 is 17.1. The molecule has 1 unspecified atom stereocenters. The molecule has 176 valence electrons. The Morgan fingerprint density at radius 2 is 1.97 bits per heavy atom. The molecule has 1 aliphatic heterocycles. The molecule has 2 N–H and O–H groups in total. The van der Waals surface area contributed by atoms with E-state index >= 15 is 0 Å². The molecule has 1 aliphatic carbocycles. The zero-order chi connectivity index (χ0) is 21.2. The molecule has 2 fully saturated rings. The first-order chi connectivity index (χ1) is 14.7. The number of methoxy groups -OCH3 is 1. The molecule has 1 heterocycles. The SMILES string of the molecule is CN=C(NCc1ccc(OC)cc1OC1CCCC1)NCC(C)CN1CCOCC1.I. The van der Waals surface area contributed by atoms with Crippen LogP contribution in [0.25, 0.3) is 0 Å². The van der Waals surface area contributed by atoms with Gasteiger partial charge >= 0.3 is 0 Å². The average Bonchev–Trinajstić information content (AvgIpc) is 3.28. The lowest BCUT2D eigenvalue weighted by atomic mass is 10.1. The highest BCUT2D eigenvalue weighted by Crippen LogP contribution is 2.30. The molecule has 1 saturated heterocycles. The van der Waals surface area contributed by atoms with Gasteiger partial charge in [-0.05, 0) is 43.7 Å². The fourth-order valence-electron chi connectivity index (χ4n) is 4.06. The lowest BCUT2D eigenvalue weighted by molar-refractivity contribution is 0.0320. The largest absolute Gasteiger partial charge is 0.497 e. The molecular weight excluding hydrogens is 507 g/mol. The number of halogens is 1. The number of ether oxygens (including phenoxy) is 3. The van der Waals surface area contributed by atoms with Gasteiger partial charge in [0.25, 0.3) is 0 Å². The Bertz CT molecular complexity index is 677. The molecule has 2 aliphatic rings. The Balaban J connectivity index is 0.00000341. The highest BCUT2D eigenvalue weighted by atomic mass is 127. The maximum absolute atomic E-state index is 6.30. The van der Waals surface area contributed by atoms with E-state index in [0.717, 1.165) is 75.3 Å². The van der Waals surface area contributed by atoms with Crippen LogP contribution in [0.3, 0.4) is 0 Å². The number of aliphatic imine (C=N–C) groups is 1. The van der Waals surface area contributed by atoms with Gasteiger partial charge in [0.15, 0.2) is 5.96 Å². The smallest absolute Gasteiger partial charge is 0.191 e. The van der Waals surface area contributed by atoms with E-state index in [1.54, 1.807) is 7.11 Å². The molecule has 1 aromatic rings. The summed E-state index contributed by atoms with van der Waals surface area (Å²) in [4.78, 5) is 6.85. The van der Waals surface area contributed by atoms with Crippen LogP contribution in [0.1, 0.15) is 38.2 Å². The minimum atomic E-state index is 0. The lowest BCUT2D eigenvalue weighted by Crippen LogP contribution is -2.43. The van der Waals surface area contributed by atoms with E-state index in [9.17, 15) is 0 Å². The third-order valence-corrected chi connectivity index (χ3v) is 5.83. The van der Waals surface area contributed by atoms with E-state index in [1.165, 1.54) is 12.8 Å². The van der Waals surface area contributed by atoms with Gasteiger partial charge in [-0.3, -0.25) is 9.89 Å². The van der Waals surface area contributed by atoms with E-state index in [2.05, 4.69) is 33.5 Å². The zero-order valence-electron chi connectivity index (χ0n) is 19.2. The molecule has 1 aromatic carbocycles. The predicted octanol–water partition coefficient (Wildman–Crippen LogP) is 3.27. The molecule has 0 bridgehead atoms. The van der Waals surface area contributed by atoms with Crippen LogP contribution in [0.15, 0.2) is 23.2 Å². The van der Waals surface area contributed by atoms with Crippen LogP contribution in [0.2, 0.25) is 0 Å². The minimum Gasteiger partial charge on any atom is -0.497 e. The number of hydrogen-bond acceptors (Lipinski definition) is 5. The second-order valence-electron chi connectivity index (χ2n) is 8.32. The predicted molar refractivity (Wildman–Crippen MR) is 136 cm³/mol. The maximum Gasteiger partial charge on any atom is 0.191 e. The van der Waals surface area contributed by atoms with Crippen molar-refractivity contribution in [2.45, 2.75) is 45.3 Å². The highest BCUT2D eigenvalue weighted by molar-refractivity contribution is 14.0. The molecule has 0 spiro atoms. The van der Waals surface area contributed by atoms with Gasteiger partial charge in [-0.2, -0.15) is 0 Å². The van der Waals surface area contributed by atoms with Gasteiger partial charge < -0.3 is 24.8 Å². The summed E-state index contributed by atoms with van der Waals surface area (Å²) in [6, 6.07) is 6.06. The molecule has 1 atom stereocenters. The van der Waals surface area contributed by atoms with Gasteiger partial charge in [-0.1, -0.05) is 6.92 Å². The minimum absolute atomic E-state index is 0. The van der Waals surface area contributed by atoms with E-state index in [-0.39, 0.29) is 24.0 Å². The van der Waals surface area contributed by atoms with Crippen LogP contribution in [0.4, 0.5) is 0 Å². The first-order valence-electron chi connectivity index (χ1n) is 11.3. The van der Waals surface area contributed by atoms with Crippen LogP contribution in [-0.2, 0) is 11.3 Å². The fraction of sp³-hybridized carbons (Fsp3) is 0.696. The van der Waals surface area contributed by atoms with Gasteiger partial charge in [0.05, 0.1) is 26.4 Å². The fourth-order valence-corrected chi connectivity index (χ4v) is 4.06. The monoisotopic (exact) mass is 546 g/mol. The average molecular weight is 546 g/mol. The summed E-state index contributed by atoms with van der Waals surface area (Å²) in [7, 11) is 3.50. The molecule has 1 saturated carbocycles. The van der Waals surface area contributed by atoms with Crippen molar-refractivity contribution in [1.29, 1.82) is 0 Å². The highest BCUT2D eigenvalue weighted by Gasteiger charge is 2.19. The van der Waals surface area contributed by atoms with E-state index in [1.807, 2.05) is 19.2 Å². The van der Waals surface area contributed by atoms with Crippen LogP contribution in [0.5, 0.6) is 11.5 Å². The van der Waals surface area contributed by atoms with Crippen molar-refractivity contribution in [3.05, 3.63) is 23.8 Å². The maximum atomic E-state index is 6.30. The molecule has 31 heavy (non-hydrogen) atoms. The quantitative estimate of drug-likeness (QED) is 0.282. The summed E-state index contributed by atoms with van der Waals surface area (Å²) in [5.41, 5.74) is 1.12. The first kappa shape index (κ1) is 26.0. The number of hydrogen-bond donors (Lipinski definition) is 2. The molecule has 0 radical (unpaired) electrons. The summed E-state index contributed by atoms with van der Waals surface area (Å²) >= 11 is 0. The van der Waals surface area contributed by atoms with Gasteiger partial charge in [0.1, 0.15) is 11.5 Å². The van der Waals surface area contributed by atoms with Crippen LogP contribution in [-0.4, -0.2) is 70.5 Å². The van der Waals surface area contributed by atoms with Crippen molar-refractivity contribution in [1.82, 2.24) is 15.5 Å². The molecule has 7 nitrogen and oxygen atoms in total. The van der Waals surface area contributed by atoms with Crippen LogP contribution in [0, 0.1) is 5.92 Å². The van der Waals surface area contributed by atoms with Crippen LogP contribution < -0.4 is 20.1 Å². The summed E-state index contributed by atoms with van der Waals surface area (Å²) in [6.07, 6.45) is 5.08. The first-order valence-corrected chi connectivity index (χ1v) is 11.3. The van der Waals surface area contributed by atoms with Crippen LogP contribution >= 0.6 is 24.0 Å². The number of nitrogens with zero attached hydrogens (tertiary/aromatic N) is 2. The van der Waals surface area contributed by atoms with Crippen molar-refractivity contribution >= 4 is 29.9 Å². The Kier molecular flexibility index (Phi) is 11.7. The van der Waals surface area contributed by atoms with Gasteiger partial charge in [0, 0.05) is 51.4 Å².